The number of rotatable bonds is 4. The van der Waals surface area contributed by atoms with Crippen LogP contribution >= 0.6 is 0 Å². The number of aliphatic hydroxyl groups excluding tert-OH is 1. The van der Waals surface area contributed by atoms with Crippen LogP contribution in [0, 0.1) is 11.6 Å². The fourth-order valence-electron chi connectivity index (χ4n) is 4.28. The second-order valence-corrected chi connectivity index (χ2v) is 7.99. The number of benzene rings is 1. The number of nitrogen functional groups attached to an aromatic ring is 1. The molecule has 1 aliphatic rings. The third-order valence-electron chi connectivity index (χ3n) is 5.92. The molecule has 0 spiro atoms. The number of alkyl halides is 3. The predicted octanol–water partition coefficient (Wildman–Crippen LogP) is 2.98. The summed E-state index contributed by atoms with van der Waals surface area (Å²) in [6, 6.07) is 3.14. The van der Waals surface area contributed by atoms with E-state index < -0.39 is 47.7 Å². The molecule has 2 atom stereocenters. The Morgan fingerprint density at radius 2 is 1.91 bits per heavy atom. The van der Waals surface area contributed by atoms with E-state index in [9.17, 15) is 31.9 Å². The lowest BCUT2D eigenvalue weighted by molar-refractivity contribution is -0.220. The summed E-state index contributed by atoms with van der Waals surface area (Å²) in [5, 5.41) is 24.7. The van der Waals surface area contributed by atoms with Gasteiger partial charge >= 0.3 is 12.1 Å². The van der Waals surface area contributed by atoms with Crippen molar-refractivity contribution in [2.24, 2.45) is 0 Å². The standard InChI is InChI=1S/C21H19F5N4O4/c22-13-5-10(6-14(23)12(13)8-31)11-7-15(30-17(11)18(27)28-9-29-30)20(33)4-2-1-3-16(20)34-19(32)21(24,25)26/h5-7,9,16,31,33H,1-4,8H2,(H2,27,28,29). The Hall–Kier alpha value is -3.32. The maximum Gasteiger partial charge on any atom is 0.490 e. The number of anilines is 1. The summed E-state index contributed by atoms with van der Waals surface area (Å²) in [5.74, 6) is -4.66. The van der Waals surface area contributed by atoms with Crippen LogP contribution in [0.25, 0.3) is 16.6 Å². The molecule has 1 saturated carbocycles. The van der Waals surface area contributed by atoms with Gasteiger partial charge in [-0.05, 0) is 49.4 Å². The Morgan fingerprint density at radius 1 is 1.24 bits per heavy atom. The van der Waals surface area contributed by atoms with Gasteiger partial charge in [0.25, 0.3) is 0 Å². The molecular weight excluding hydrogens is 467 g/mol. The minimum atomic E-state index is -5.26. The number of ether oxygens (including phenoxy) is 1. The molecule has 0 amide bonds. The quantitative estimate of drug-likeness (QED) is 0.383. The number of carbonyl (C=O) groups excluding carboxylic acids is 1. The zero-order valence-electron chi connectivity index (χ0n) is 17.4. The van der Waals surface area contributed by atoms with Crippen molar-refractivity contribution in [2.75, 3.05) is 5.73 Å². The molecule has 1 aliphatic carbocycles. The van der Waals surface area contributed by atoms with Crippen molar-refractivity contribution in [1.29, 1.82) is 0 Å². The number of aliphatic hydroxyl groups is 2. The van der Waals surface area contributed by atoms with Crippen molar-refractivity contribution in [2.45, 2.75) is 50.2 Å². The molecule has 34 heavy (non-hydrogen) atoms. The van der Waals surface area contributed by atoms with Crippen LogP contribution in [0.5, 0.6) is 0 Å². The molecular formula is C21H19F5N4O4. The van der Waals surface area contributed by atoms with Gasteiger partial charge in [-0.25, -0.2) is 23.1 Å². The lowest BCUT2D eigenvalue weighted by Gasteiger charge is -2.38. The highest BCUT2D eigenvalue weighted by atomic mass is 19.4. The number of hydrogen-bond donors (Lipinski definition) is 3. The first kappa shape index (κ1) is 23.8. The maximum atomic E-state index is 14.4. The van der Waals surface area contributed by atoms with Gasteiger partial charge in [0.1, 0.15) is 35.2 Å². The molecule has 13 heteroatoms. The molecule has 4 rings (SSSR count). The molecule has 1 aromatic carbocycles. The van der Waals surface area contributed by atoms with Crippen molar-refractivity contribution in [3.63, 3.8) is 0 Å². The van der Waals surface area contributed by atoms with Gasteiger partial charge in [-0.3, -0.25) is 0 Å². The second kappa shape index (κ2) is 8.47. The van der Waals surface area contributed by atoms with Crippen LogP contribution in [-0.2, 0) is 21.7 Å². The molecule has 0 radical (unpaired) electrons. The molecule has 8 nitrogen and oxygen atoms in total. The Balaban J connectivity index is 1.90. The van der Waals surface area contributed by atoms with Crippen LogP contribution < -0.4 is 5.73 Å². The number of esters is 1. The summed E-state index contributed by atoms with van der Waals surface area (Å²) in [6.45, 7) is -0.878. The average molecular weight is 486 g/mol. The van der Waals surface area contributed by atoms with Gasteiger partial charge in [-0.2, -0.15) is 18.3 Å². The SMILES string of the molecule is Nc1ncnn2c(C3(O)CCCCC3OC(=O)C(F)(F)F)cc(-c3cc(F)c(CO)c(F)c3)c12. The van der Waals surface area contributed by atoms with Crippen LogP contribution in [0.3, 0.4) is 0 Å². The Labute approximate surface area is 188 Å². The monoisotopic (exact) mass is 486 g/mol. The smallest absolute Gasteiger partial charge is 0.452 e. The highest BCUT2D eigenvalue weighted by Gasteiger charge is 2.50. The Morgan fingerprint density at radius 3 is 2.53 bits per heavy atom. The minimum Gasteiger partial charge on any atom is -0.452 e. The molecule has 0 aliphatic heterocycles. The van der Waals surface area contributed by atoms with Crippen LogP contribution in [0.15, 0.2) is 24.5 Å². The number of nitrogens with zero attached hydrogens (tertiary/aromatic N) is 3. The van der Waals surface area contributed by atoms with Gasteiger partial charge in [0, 0.05) is 11.1 Å². The third-order valence-corrected chi connectivity index (χ3v) is 5.92. The molecule has 0 saturated heterocycles. The summed E-state index contributed by atoms with van der Waals surface area (Å²) in [4.78, 5) is 15.4. The first-order valence-corrected chi connectivity index (χ1v) is 10.2. The van der Waals surface area contributed by atoms with Crippen molar-refractivity contribution >= 4 is 17.3 Å². The van der Waals surface area contributed by atoms with Gasteiger partial charge < -0.3 is 20.7 Å². The van der Waals surface area contributed by atoms with Crippen molar-refractivity contribution in [3.05, 3.63) is 47.4 Å². The predicted molar refractivity (Wildman–Crippen MR) is 107 cm³/mol. The maximum absolute atomic E-state index is 14.4. The zero-order chi connectivity index (χ0) is 24.8. The molecule has 2 unspecified atom stereocenters. The van der Waals surface area contributed by atoms with Gasteiger partial charge in [-0.1, -0.05) is 0 Å². The van der Waals surface area contributed by atoms with Crippen LogP contribution in [0.1, 0.15) is 36.9 Å². The summed E-state index contributed by atoms with van der Waals surface area (Å²) in [5.41, 5.74) is 3.30. The molecule has 1 fully saturated rings. The third kappa shape index (κ3) is 3.94. The van der Waals surface area contributed by atoms with E-state index in [4.69, 9.17) is 10.8 Å². The molecule has 2 heterocycles. The van der Waals surface area contributed by atoms with E-state index in [0.29, 0.717) is 12.8 Å². The fraction of sp³-hybridized carbons (Fsp3) is 0.381. The first-order valence-electron chi connectivity index (χ1n) is 10.2. The summed E-state index contributed by atoms with van der Waals surface area (Å²) < 4.78 is 73.0. The van der Waals surface area contributed by atoms with E-state index in [1.807, 2.05) is 0 Å². The van der Waals surface area contributed by atoms with Crippen LogP contribution in [-0.4, -0.2) is 43.1 Å². The number of fused-ring (bicyclic) bond motifs is 1. The number of aromatic nitrogens is 3. The number of hydrogen-bond acceptors (Lipinski definition) is 7. The molecule has 4 N–H and O–H groups in total. The van der Waals surface area contributed by atoms with E-state index in [0.717, 1.165) is 23.0 Å². The second-order valence-electron chi connectivity index (χ2n) is 7.99. The minimum absolute atomic E-state index is 0.0351. The largest absolute Gasteiger partial charge is 0.490 e. The summed E-state index contributed by atoms with van der Waals surface area (Å²) in [7, 11) is 0. The molecule has 0 bridgehead atoms. The topological polar surface area (TPSA) is 123 Å². The highest BCUT2D eigenvalue weighted by Crippen LogP contribution is 2.43. The molecule has 182 valence electrons. The average Bonchev–Trinajstić information content (AvgIpc) is 3.16. The summed E-state index contributed by atoms with van der Waals surface area (Å²) in [6.07, 6.45) is -5.14. The van der Waals surface area contributed by atoms with Gasteiger partial charge in [0.2, 0.25) is 0 Å². The zero-order valence-corrected chi connectivity index (χ0v) is 17.4. The highest BCUT2D eigenvalue weighted by molar-refractivity contribution is 5.88. The van der Waals surface area contributed by atoms with Crippen molar-refractivity contribution in [3.8, 4) is 11.1 Å². The van der Waals surface area contributed by atoms with Crippen molar-refractivity contribution < 1.29 is 41.7 Å². The normalized spacial score (nSPS) is 21.1. The van der Waals surface area contributed by atoms with Gasteiger partial charge in [0.05, 0.1) is 12.3 Å². The van der Waals surface area contributed by atoms with Gasteiger partial charge in [-0.15, -0.1) is 0 Å². The van der Waals surface area contributed by atoms with E-state index in [-0.39, 0.29) is 41.0 Å². The Bertz CT molecular complexity index is 1240. The molecule has 2 aromatic heterocycles. The van der Waals surface area contributed by atoms with Crippen molar-refractivity contribution in [1.82, 2.24) is 14.6 Å². The molecule has 3 aromatic rings. The van der Waals surface area contributed by atoms with E-state index in [1.54, 1.807) is 0 Å². The lowest BCUT2D eigenvalue weighted by Crippen LogP contribution is -2.47. The van der Waals surface area contributed by atoms with Gasteiger partial charge in [0.15, 0.2) is 5.82 Å². The summed E-state index contributed by atoms with van der Waals surface area (Å²) >= 11 is 0. The van der Waals surface area contributed by atoms with E-state index in [2.05, 4.69) is 14.8 Å². The number of halogens is 5. The fourth-order valence-corrected chi connectivity index (χ4v) is 4.28. The number of nitrogens with two attached hydrogens (primary N) is 1. The van der Waals surface area contributed by atoms with E-state index in [1.165, 1.54) is 6.07 Å². The van der Waals surface area contributed by atoms with E-state index >= 15 is 0 Å². The van der Waals surface area contributed by atoms with Crippen LogP contribution in [0.2, 0.25) is 0 Å². The van der Waals surface area contributed by atoms with Crippen LogP contribution in [0.4, 0.5) is 27.8 Å². The first-order chi connectivity index (χ1) is 16.0. The Kier molecular flexibility index (Phi) is 5.94. The number of carbonyl (C=O) groups is 1. The lowest BCUT2D eigenvalue weighted by atomic mass is 9.79.